The van der Waals surface area contributed by atoms with Gasteiger partial charge >= 0.3 is 6.03 Å². The summed E-state index contributed by atoms with van der Waals surface area (Å²) in [6.45, 7) is 2.38. The number of anilines is 1. The van der Waals surface area contributed by atoms with Crippen LogP contribution in [-0.4, -0.2) is 23.5 Å². The van der Waals surface area contributed by atoms with Gasteiger partial charge in [0.05, 0.1) is 0 Å². The molecule has 3 amide bonds. The van der Waals surface area contributed by atoms with Gasteiger partial charge in [0.1, 0.15) is 0 Å². The van der Waals surface area contributed by atoms with E-state index in [0.29, 0.717) is 13.0 Å². The zero-order chi connectivity index (χ0) is 16.7. The summed E-state index contributed by atoms with van der Waals surface area (Å²) in [5.41, 5.74) is 5.06. The van der Waals surface area contributed by atoms with Crippen LogP contribution in [0.4, 0.5) is 10.5 Å². The molecule has 0 atom stereocenters. The summed E-state index contributed by atoms with van der Waals surface area (Å²) in [6, 6.07) is 13.9. The van der Waals surface area contributed by atoms with Crippen molar-refractivity contribution in [3.63, 3.8) is 0 Å². The van der Waals surface area contributed by atoms with Crippen molar-refractivity contribution >= 4 is 28.5 Å². The van der Waals surface area contributed by atoms with Crippen molar-refractivity contribution in [1.29, 1.82) is 0 Å². The second-order valence-electron chi connectivity index (χ2n) is 6.00. The zero-order valence-corrected chi connectivity index (χ0v) is 13.3. The Balaban J connectivity index is 1.79. The Kier molecular flexibility index (Phi) is 3.34. The van der Waals surface area contributed by atoms with Crippen molar-refractivity contribution in [2.75, 3.05) is 11.4 Å². The molecule has 24 heavy (non-hydrogen) atoms. The first-order valence-corrected chi connectivity index (χ1v) is 7.92. The molecule has 2 aromatic carbocycles. The molecule has 1 aromatic heterocycles. The fourth-order valence-electron chi connectivity index (χ4n) is 3.17. The normalized spacial score (nSPS) is 15.0. The van der Waals surface area contributed by atoms with E-state index in [1.165, 1.54) is 0 Å². The van der Waals surface area contributed by atoms with Crippen LogP contribution in [0.15, 0.2) is 48.7 Å². The highest BCUT2D eigenvalue weighted by molar-refractivity contribution is 6.06. The monoisotopic (exact) mass is 319 g/mol. The van der Waals surface area contributed by atoms with Crippen molar-refractivity contribution in [3.8, 4) is 11.1 Å². The maximum atomic E-state index is 12.2. The number of nitrogens with one attached hydrogen (secondary N) is 2. The van der Waals surface area contributed by atoms with E-state index in [0.717, 1.165) is 33.3 Å². The van der Waals surface area contributed by atoms with Gasteiger partial charge in [-0.25, -0.2) is 4.79 Å². The molecular formula is C19H17N3O2. The van der Waals surface area contributed by atoms with Crippen LogP contribution in [0.5, 0.6) is 0 Å². The number of carbonyl (C=O) groups excluding carboxylic acids is 2. The highest BCUT2D eigenvalue weighted by Gasteiger charge is 2.25. The molecule has 0 saturated carbocycles. The maximum absolute atomic E-state index is 12.2. The van der Waals surface area contributed by atoms with Gasteiger partial charge in [-0.3, -0.25) is 15.0 Å². The maximum Gasteiger partial charge on any atom is 0.328 e. The number of fused-ring (bicyclic) bond motifs is 1. The summed E-state index contributed by atoms with van der Waals surface area (Å²) >= 11 is 0. The Morgan fingerprint density at radius 1 is 1.08 bits per heavy atom. The van der Waals surface area contributed by atoms with Crippen molar-refractivity contribution in [2.24, 2.45) is 0 Å². The van der Waals surface area contributed by atoms with Crippen LogP contribution in [0.1, 0.15) is 12.0 Å². The van der Waals surface area contributed by atoms with Crippen LogP contribution in [0.2, 0.25) is 0 Å². The molecule has 0 aliphatic carbocycles. The lowest BCUT2D eigenvalue weighted by molar-refractivity contribution is -0.120. The summed E-state index contributed by atoms with van der Waals surface area (Å²) in [7, 11) is 0. The Bertz CT molecular complexity index is 958. The van der Waals surface area contributed by atoms with Crippen LogP contribution in [0.3, 0.4) is 0 Å². The van der Waals surface area contributed by atoms with Crippen molar-refractivity contribution < 1.29 is 9.59 Å². The van der Waals surface area contributed by atoms with Gasteiger partial charge in [-0.05, 0) is 30.2 Å². The second-order valence-corrected chi connectivity index (χ2v) is 6.00. The Hall–Kier alpha value is -3.08. The first-order chi connectivity index (χ1) is 11.6. The summed E-state index contributed by atoms with van der Waals surface area (Å²) in [5.74, 6) is -0.221. The molecule has 5 heteroatoms. The summed E-state index contributed by atoms with van der Waals surface area (Å²) in [5, 5.41) is 3.52. The number of hydrogen-bond donors (Lipinski definition) is 2. The van der Waals surface area contributed by atoms with E-state index in [4.69, 9.17) is 0 Å². The highest BCUT2D eigenvalue weighted by atomic mass is 16.2. The molecule has 1 aliphatic heterocycles. The molecular weight excluding hydrogens is 302 g/mol. The molecule has 1 aliphatic rings. The standard InChI is InChI=1S/C19H17N3O2/c1-12-6-7-13(15-11-20-16-5-3-2-4-14(15)16)10-17(12)22-9-8-18(23)21-19(22)24/h2-7,10-11,20H,8-9H2,1H3,(H,21,23,24). The van der Waals surface area contributed by atoms with E-state index >= 15 is 0 Å². The number of urea groups is 1. The number of imide groups is 1. The molecule has 120 valence electrons. The number of aromatic amines is 1. The molecule has 0 unspecified atom stereocenters. The van der Waals surface area contributed by atoms with Gasteiger partial charge in [0.25, 0.3) is 0 Å². The fraction of sp³-hybridized carbons (Fsp3) is 0.158. The largest absolute Gasteiger partial charge is 0.361 e. The van der Waals surface area contributed by atoms with Gasteiger partial charge in [-0.15, -0.1) is 0 Å². The van der Waals surface area contributed by atoms with Crippen LogP contribution >= 0.6 is 0 Å². The predicted octanol–water partition coefficient (Wildman–Crippen LogP) is 3.59. The third-order valence-electron chi connectivity index (χ3n) is 4.45. The number of hydrogen-bond acceptors (Lipinski definition) is 2. The molecule has 1 saturated heterocycles. The lowest BCUT2D eigenvalue weighted by Crippen LogP contribution is -2.49. The summed E-state index contributed by atoms with van der Waals surface area (Å²) < 4.78 is 0. The number of aryl methyl sites for hydroxylation is 1. The number of para-hydroxylation sites is 1. The first-order valence-electron chi connectivity index (χ1n) is 7.92. The molecule has 2 N–H and O–H groups in total. The fourth-order valence-corrected chi connectivity index (χ4v) is 3.17. The van der Waals surface area contributed by atoms with Crippen molar-refractivity contribution in [2.45, 2.75) is 13.3 Å². The molecule has 0 spiro atoms. The van der Waals surface area contributed by atoms with Crippen molar-refractivity contribution in [1.82, 2.24) is 10.3 Å². The molecule has 0 bridgehead atoms. The first kappa shape index (κ1) is 14.5. The smallest absolute Gasteiger partial charge is 0.328 e. The van der Waals surface area contributed by atoms with E-state index in [-0.39, 0.29) is 11.9 Å². The molecule has 4 rings (SSSR count). The van der Waals surface area contributed by atoms with Gasteiger partial charge in [-0.1, -0.05) is 30.3 Å². The number of nitrogens with zero attached hydrogens (tertiary/aromatic N) is 1. The van der Waals surface area contributed by atoms with E-state index in [9.17, 15) is 9.59 Å². The van der Waals surface area contributed by atoms with Crippen molar-refractivity contribution in [3.05, 3.63) is 54.2 Å². The molecule has 3 aromatic rings. The average Bonchev–Trinajstić information content (AvgIpc) is 3.00. The SMILES string of the molecule is Cc1ccc(-c2c[nH]c3ccccc23)cc1N1CCC(=O)NC1=O. The minimum atomic E-state index is -0.356. The topological polar surface area (TPSA) is 65.2 Å². The summed E-state index contributed by atoms with van der Waals surface area (Å²) in [4.78, 5) is 28.4. The van der Waals surface area contributed by atoms with Crippen LogP contribution in [0.25, 0.3) is 22.0 Å². The van der Waals surface area contributed by atoms with Gasteiger partial charge in [0.2, 0.25) is 5.91 Å². The number of amides is 3. The second kappa shape index (κ2) is 5.53. The molecule has 1 fully saturated rings. The molecule has 2 heterocycles. The summed E-state index contributed by atoms with van der Waals surface area (Å²) in [6.07, 6.45) is 2.31. The molecule has 0 radical (unpaired) electrons. The lowest BCUT2D eigenvalue weighted by Gasteiger charge is -2.28. The van der Waals surface area contributed by atoms with Gasteiger partial charge < -0.3 is 4.98 Å². The van der Waals surface area contributed by atoms with Gasteiger partial charge in [0.15, 0.2) is 0 Å². The number of carbonyl (C=O) groups is 2. The Morgan fingerprint density at radius 2 is 1.92 bits per heavy atom. The average molecular weight is 319 g/mol. The van der Waals surface area contributed by atoms with E-state index in [1.807, 2.05) is 43.5 Å². The zero-order valence-electron chi connectivity index (χ0n) is 13.3. The predicted molar refractivity (Wildman–Crippen MR) is 94.0 cm³/mol. The van der Waals surface area contributed by atoms with E-state index in [2.05, 4.69) is 22.4 Å². The van der Waals surface area contributed by atoms with Crippen LogP contribution < -0.4 is 10.2 Å². The van der Waals surface area contributed by atoms with Crippen LogP contribution in [-0.2, 0) is 4.79 Å². The number of rotatable bonds is 2. The van der Waals surface area contributed by atoms with Gasteiger partial charge in [-0.2, -0.15) is 0 Å². The highest BCUT2D eigenvalue weighted by Crippen LogP contribution is 2.33. The third kappa shape index (κ3) is 2.34. The van der Waals surface area contributed by atoms with E-state index in [1.54, 1.807) is 4.90 Å². The van der Waals surface area contributed by atoms with Gasteiger partial charge in [0, 0.05) is 41.3 Å². The molecule has 5 nitrogen and oxygen atoms in total. The number of benzene rings is 2. The lowest BCUT2D eigenvalue weighted by atomic mass is 10.0. The number of H-pyrrole nitrogens is 1. The Morgan fingerprint density at radius 3 is 2.75 bits per heavy atom. The Labute approximate surface area is 139 Å². The van der Waals surface area contributed by atoms with Crippen LogP contribution in [0, 0.1) is 6.92 Å². The third-order valence-corrected chi connectivity index (χ3v) is 4.45. The van der Waals surface area contributed by atoms with E-state index < -0.39 is 0 Å². The number of aromatic nitrogens is 1. The minimum Gasteiger partial charge on any atom is -0.361 e. The minimum absolute atomic E-state index is 0.221. The quantitative estimate of drug-likeness (QED) is 0.758.